The summed E-state index contributed by atoms with van der Waals surface area (Å²) in [7, 11) is 0. The van der Waals surface area contributed by atoms with E-state index in [-0.39, 0.29) is 26.1 Å². The summed E-state index contributed by atoms with van der Waals surface area (Å²) in [6.07, 6.45) is 26.1. The van der Waals surface area contributed by atoms with Crippen LogP contribution in [0.25, 0.3) is 0 Å². The van der Waals surface area contributed by atoms with Gasteiger partial charge in [-0.2, -0.15) is 0 Å². The normalized spacial score (nSPS) is 21.4. The van der Waals surface area contributed by atoms with Crippen LogP contribution < -0.4 is 0 Å². The summed E-state index contributed by atoms with van der Waals surface area (Å²) in [5.74, 6) is -0.834. The van der Waals surface area contributed by atoms with E-state index in [0.29, 0.717) is 12.8 Å². The van der Waals surface area contributed by atoms with E-state index >= 15 is 0 Å². The summed E-state index contributed by atoms with van der Waals surface area (Å²) < 4.78 is 22.1. The Balaban J connectivity index is 2.40. The fourth-order valence-corrected chi connectivity index (χ4v) is 6.00. The lowest BCUT2D eigenvalue weighted by Gasteiger charge is -2.39. The topological polar surface area (TPSA) is 152 Å². The number of carbonyl (C=O) groups excluding carboxylic acids is 2. The molecule has 4 N–H and O–H groups in total. The fourth-order valence-electron chi connectivity index (χ4n) is 6.00. The number of aliphatic hydroxyl groups is 4. The van der Waals surface area contributed by atoms with Gasteiger partial charge in [0.05, 0.1) is 13.2 Å². The van der Waals surface area contributed by atoms with Crippen molar-refractivity contribution in [2.75, 3.05) is 19.8 Å². The van der Waals surface area contributed by atoms with Gasteiger partial charge in [-0.25, -0.2) is 0 Å². The fraction of sp³-hybridized carbons (Fsp3) is 0.854. The number of rotatable bonds is 33. The van der Waals surface area contributed by atoms with Gasteiger partial charge in [-0.1, -0.05) is 115 Å². The first kappa shape index (κ1) is 47.2. The second-order valence-corrected chi connectivity index (χ2v) is 14.1. The van der Waals surface area contributed by atoms with E-state index in [4.69, 9.17) is 18.9 Å². The van der Waals surface area contributed by atoms with Gasteiger partial charge in [-0.3, -0.25) is 9.59 Å². The third-order valence-corrected chi connectivity index (χ3v) is 9.31. The standard InChI is InChI=1S/C41H74O10/c1-3-5-7-9-11-13-15-17-19-21-23-25-27-29-36(43)48-32-34(33-49-41-40(47)39(46)38(45)35(31-42)51-41)50-37(44)30-28-26-24-22-20-18-16-14-12-10-8-6-4-2/h15-18,34-35,38-42,45-47H,3-14,19-33H2,1-2H3/b17-15+,18-16+/t34?,35-,38-,39+,40-,41-/m1/s1. The summed E-state index contributed by atoms with van der Waals surface area (Å²) in [4.78, 5) is 25.2. The van der Waals surface area contributed by atoms with Gasteiger partial charge < -0.3 is 39.4 Å². The summed E-state index contributed by atoms with van der Waals surface area (Å²) in [5.41, 5.74) is 0. The Hall–Kier alpha value is -1.82. The number of hydrogen-bond acceptors (Lipinski definition) is 10. The predicted molar refractivity (Wildman–Crippen MR) is 201 cm³/mol. The minimum atomic E-state index is -1.60. The van der Waals surface area contributed by atoms with Crippen LogP contribution in [0.1, 0.15) is 168 Å². The second-order valence-electron chi connectivity index (χ2n) is 14.1. The Morgan fingerprint density at radius 3 is 1.51 bits per heavy atom. The first-order chi connectivity index (χ1) is 24.8. The highest BCUT2D eigenvalue weighted by molar-refractivity contribution is 5.70. The zero-order chi connectivity index (χ0) is 37.4. The lowest BCUT2D eigenvalue weighted by molar-refractivity contribution is -0.305. The molecule has 1 saturated heterocycles. The van der Waals surface area contributed by atoms with Crippen LogP contribution in [0.15, 0.2) is 24.3 Å². The predicted octanol–water partition coefficient (Wildman–Crippen LogP) is 7.77. The van der Waals surface area contributed by atoms with Gasteiger partial charge in [0, 0.05) is 12.8 Å². The van der Waals surface area contributed by atoms with Crippen LogP contribution in [0.2, 0.25) is 0 Å². The van der Waals surface area contributed by atoms with E-state index in [2.05, 4.69) is 38.2 Å². The average molecular weight is 727 g/mol. The molecule has 0 radical (unpaired) electrons. The van der Waals surface area contributed by atoms with Crippen molar-refractivity contribution in [3.05, 3.63) is 24.3 Å². The molecular formula is C41H74O10. The zero-order valence-electron chi connectivity index (χ0n) is 32.1. The molecule has 0 bridgehead atoms. The van der Waals surface area contributed by atoms with Gasteiger partial charge in [0.25, 0.3) is 0 Å². The third-order valence-electron chi connectivity index (χ3n) is 9.31. The lowest BCUT2D eigenvalue weighted by atomic mass is 9.99. The highest BCUT2D eigenvalue weighted by atomic mass is 16.7. The van der Waals surface area contributed by atoms with E-state index in [1.54, 1.807) is 0 Å². The number of allylic oxidation sites excluding steroid dienone is 4. The number of esters is 2. The monoisotopic (exact) mass is 727 g/mol. The van der Waals surface area contributed by atoms with Crippen molar-refractivity contribution < 1.29 is 49.0 Å². The molecule has 51 heavy (non-hydrogen) atoms. The number of aliphatic hydroxyl groups excluding tert-OH is 4. The molecule has 0 aromatic carbocycles. The lowest BCUT2D eigenvalue weighted by Crippen LogP contribution is -2.59. The van der Waals surface area contributed by atoms with Crippen LogP contribution in [0.4, 0.5) is 0 Å². The van der Waals surface area contributed by atoms with Crippen LogP contribution in [-0.4, -0.2) is 89.0 Å². The maximum absolute atomic E-state index is 12.7. The Morgan fingerprint density at radius 1 is 0.588 bits per heavy atom. The van der Waals surface area contributed by atoms with Gasteiger partial charge in [0.15, 0.2) is 12.4 Å². The molecule has 298 valence electrons. The average Bonchev–Trinajstić information content (AvgIpc) is 3.13. The molecule has 0 spiro atoms. The molecule has 0 amide bonds. The number of ether oxygens (including phenoxy) is 4. The second kappa shape index (κ2) is 32.8. The Kier molecular flexibility index (Phi) is 30.4. The smallest absolute Gasteiger partial charge is 0.306 e. The van der Waals surface area contributed by atoms with Crippen LogP contribution in [-0.2, 0) is 28.5 Å². The molecule has 1 aliphatic rings. The minimum absolute atomic E-state index is 0.215. The summed E-state index contributed by atoms with van der Waals surface area (Å²) >= 11 is 0. The van der Waals surface area contributed by atoms with E-state index in [0.717, 1.165) is 64.2 Å². The summed E-state index contributed by atoms with van der Waals surface area (Å²) in [6.45, 7) is 3.36. The highest BCUT2D eigenvalue weighted by Crippen LogP contribution is 2.22. The van der Waals surface area contributed by atoms with Crippen LogP contribution in [0.5, 0.6) is 0 Å². The van der Waals surface area contributed by atoms with Crippen molar-refractivity contribution in [1.82, 2.24) is 0 Å². The highest BCUT2D eigenvalue weighted by Gasteiger charge is 2.44. The molecule has 1 heterocycles. The van der Waals surface area contributed by atoms with Crippen LogP contribution in [0.3, 0.4) is 0 Å². The zero-order valence-corrected chi connectivity index (χ0v) is 32.1. The van der Waals surface area contributed by atoms with E-state index in [9.17, 15) is 30.0 Å². The van der Waals surface area contributed by atoms with Crippen molar-refractivity contribution >= 4 is 11.9 Å². The minimum Gasteiger partial charge on any atom is -0.462 e. The van der Waals surface area contributed by atoms with Crippen molar-refractivity contribution in [3.63, 3.8) is 0 Å². The third kappa shape index (κ3) is 24.9. The number of carbonyl (C=O) groups is 2. The van der Waals surface area contributed by atoms with E-state index in [1.165, 1.54) is 64.2 Å². The maximum atomic E-state index is 12.7. The largest absolute Gasteiger partial charge is 0.462 e. The van der Waals surface area contributed by atoms with Crippen molar-refractivity contribution in [2.45, 2.75) is 205 Å². The van der Waals surface area contributed by atoms with E-state index < -0.39 is 55.4 Å². The molecule has 1 aliphatic heterocycles. The SMILES string of the molecule is CCCCCCC/C=C/CCCCCCC(=O)OCC(CO[C@@H]1O[C@H](CO)[C@@H](O)[C@H](O)[C@H]1O)OC(=O)CCCCCC/C=C/CCCCCCC. The Morgan fingerprint density at radius 2 is 1.04 bits per heavy atom. The molecule has 1 unspecified atom stereocenters. The van der Waals surface area contributed by atoms with Gasteiger partial charge >= 0.3 is 11.9 Å². The molecule has 6 atom stereocenters. The molecular weight excluding hydrogens is 652 g/mol. The van der Waals surface area contributed by atoms with Crippen molar-refractivity contribution in [2.24, 2.45) is 0 Å². The Labute approximate surface area is 309 Å². The van der Waals surface area contributed by atoms with Crippen molar-refractivity contribution in [1.29, 1.82) is 0 Å². The number of hydrogen-bond donors (Lipinski definition) is 4. The van der Waals surface area contributed by atoms with Gasteiger partial charge in [0.1, 0.15) is 31.0 Å². The molecule has 0 aliphatic carbocycles. The summed E-state index contributed by atoms with van der Waals surface area (Å²) in [6, 6.07) is 0. The first-order valence-corrected chi connectivity index (χ1v) is 20.4. The molecule has 0 aromatic rings. The van der Waals surface area contributed by atoms with Crippen molar-refractivity contribution in [3.8, 4) is 0 Å². The van der Waals surface area contributed by atoms with Gasteiger partial charge in [0.2, 0.25) is 0 Å². The molecule has 10 nitrogen and oxygen atoms in total. The first-order valence-electron chi connectivity index (χ1n) is 20.4. The van der Waals surface area contributed by atoms with E-state index in [1.807, 2.05) is 0 Å². The Bertz CT molecular complexity index is 892. The van der Waals surface area contributed by atoms with Gasteiger partial charge in [-0.05, 0) is 64.2 Å². The number of unbranched alkanes of at least 4 members (excludes halogenated alkanes) is 18. The molecule has 10 heteroatoms. The molecule has 1 rings (SSSR count). The van der Waals surface area contributed by atoms with Crippen LogP contribution >= 0.6 is 0 Å². The maximum Gasteiger partial charge on any atom is 0.306 e. The summed E-state index contributed by atoms with van der Waals surface area (Å²) in [5, 5.41) is 39.9. The molecule has 1 fully saturated rings. The quantitative estimate of drug-likeness (QED) is 0.0300. The molecule has 0 aromatic heterocycles. The van der Waals surface area contributed by atoms with Crippen LogP contribution in [0, 0.1) is 0 Å². The van der Waals surface area contributed by atoms with Gasteiger partial charge in [-0.15, -0.1) is 0 Å². The molecule has 0 saturated carbocycles.